The zero-order chi connectivity index (χ0) is 16.1. The van der Waals surface area contributed by atoms with Crippen LogP contribution in [0.1, 0.15) is 31.0 Å². The number of hydrogen-bond donors (Lipinski definition) is 2. The quantitative estimate of drug-likeness (QED) is 0.806. The number of rotatable bonds is 7. The molecule has 0 fully saturated rings. The normalized spacial score (nSPS) is 12.6. The third-order valence-electron chi connectivity index (χ3n) is 3.62. The number of nitrogens with one attached hydrogen (secondary N) is 1. The summed E-state index contributed by atoms with van der Waals surface area (Å²) in [5.74, 6) is 0. The second-order valence-corrected chi connectivity index (χ2v) is 6.13. The Morgan fingerprint density at radius 1 is 1.32 bits per heavy atom. The van der Waals surface area contributed by atoms with Gasteiger partial charge in [-0.25, -0.2) is 4.68 Å². The maximum absolute atomic E-state index is 8.87. The van der Waals surface area contributed by atoms with E-state index in [4.69, 9.17) is 28.3 Å². The van der Waals surface area contributed by atoms with Crippen LogP contribution >= 0.6 is 23.2 Å². The van der Waals surface area contributed by atoms with E-state index in [1.165, 1.54) is 0 Å². The molecular formula is C16H21Cl2N3O. The summed E-state index contributed by atoms with van der Waals surface area (Å²) in [6.45, 7) is 4.89. The van der Waals surface area contributed by atoms with Gasteiger partial charge in [0, 0.05) is 24.8 Å². The Morgan fingerprint density at radius 2 is 2.05 bits per heavy atom. The minimum absolute atomic E-state index is 0.218. The predicted octanol–water partition coefficient (Wildman–Crippen LogP) is 3.74. The van der Waals surface area contributed by atoms with Crippen LogP contribution < -0.4 is 5.32 Å². The Morgan fingerprint density at radius 3 is 2.73 bits per heavy atom. The number of aliphatic hydroxyl groups is 1. The van der Waals surface area contributed by atoms with Crippen molar-refractivity contribution < 1.29 is 5.11 Å². The zero-order valence-electron chi connectivity index (χ0n) is 12.8. The number of aryl methyl sites for hydroxylation is 1. The molecule has 0 aliphatic heterocycles. The number of aromatic nitrogens is 2. The molecular weight excluding hydrogens is 321 g/mol. The first-order valence-electron chi connectivity index (χ1n) is 7.37. The Kier molecular flexibility index (Phi) is 6.26. The Hall–Kier alpha value is -1.07. The number of nitrogens with zero attached hydrogens (tertiary/aromatic N) is 2. The van der Waals surface area contributed by atoms with E-state index >= 15 is 0 Å². The number of benzene rings is 1. The topological polar surface area (TPSA) is 50.1 Å². The van der Waals surface area contributed by atoms with Crippen LogP contribution in [0.15, 0.2) is 24.3 Å². The SMILES string of the molecule is Cc1nn(-c2ccccc2Cl)c(Cl)c1CNC(C)CCCO. The molecule has 4 nitrogen and oxygen atoms in total. The highest BCUT2D eigenvalue weighted by molar-refractivity contribution is 6.33. The maximum Gasteiger partial charge on any atom is 0.137 e. The molecule has 0 radical (unpaired) electrons. The Labute approximate surface area is 141 Å². The van der Waals surface area contributed by atoms with Gasteiger partial charge in [0.2, 0.25) is 0 Å². The van der Waals surface area contributed by atoms with E-state index in [-0.39, 0.29) is 6.61 Å². The molecule has 0 saturated carbocycles. The van der Waals surface area contributed by atoms with E-state index in [9.17, 15) is 0 Å². The molecule has 1 unspecified atom stereocenters. The molecule has 0 aliphatic rings. The molecule has 0 amide bonds. The van der Waals surface area contributed by atoms with Gasteiger partial charge in [-0.1, -0.05) is 35.3 Å². The first-order chi connectivity index (χ1) is 10.5. The zero-order valence-corrected chi connectivity index (χ0v) is 14.3. The molecule has 120 valence electrons. The summed E-state index contributed by atoms with van der Waals surface area (Å²) in [5.41, 5.74) is 2.63. The summed E-state index contributed by atoms with van der Waals surface area (Å²) < 4.78 is 1.68. The summed E-state index contributed by atoms with van der Waals surface area (Å²) in [4.78, 5) is 0. The first-order valence-corrected chi connectivity index (χ1v) is 8.13. The smallest absolute Gasteiger partial charge is 0.137 e. The lowest BCUT2D eigenvalue weighted by atomic mass is 10.1. The van der Waals surface area contributed by atoms with Crippen molar-refractivity contribution in [2.24, 2.45) is 0 Å². The third kappa shape index (κ3) is 4.02. The molecule has 2 aromatic rings. The van der Waals surface area contributed by atoms with Gasteiger partial charge >= 0.3 is 0 Å². The van der Waals surface area contributed by atoms with Crippen molar-refractivity contribution in [2.75, 3.05) is 6.61 Å². The van der Waals surface area contributed by atoms with Crippen molar-refractivity contribution >= 4 is 23.2 Å². The van der Waals surface area contributed by atoms with Crippen LogP contribution in [0.25, 0.3) is 5.69 Å². The number of hydrogen-bond acceptors (Lipinski definition) is 3. The molecule has 2 N–H and O–H groups in total. The lowest BCUT2D eigenvalue weighted by Crippen LogP contribution is -2.25. The molecule has 2 rings (SSSR count). The van der Waals surface area contributed by atoms with Gasteiger partial charge in [-0.05, 0) is 38.8 Å². The average Bonchev–Trinajstić information content (AvgIpc) is 2.78. The van der Waals surface area contributed by atoms with Gasteiger partial charge in [0.05, 0.1) is 16.4 Å². The molecule has 0 spiro atoms. The number of para-hydroxylation sites is 1. The van der Waals surface area contributed by atoms with E-state index in [1.807, 2.05) is 31.2 Å². The molecule has 1 atom stereocenters. The van der Waals surface area contributed by atoms with Gasteiger partial charge in [-0.3, -0.25) is 0 Å². The highest BCUT2D eigenvalue weighted by Crippen LogP contribution is 2.27. The number of halogens is 2. The van der Waals surface area contributed by atoms with Crippen molar-refractivity contribution in [3.8, 4) is 5.69 Å². The van der Waals surface area contributed by atoms with Gasteiger partial charge in [0.15, 0.2) is 0 Å². The van der Waals surface area contributed by atoms with E-state index in [1.54, 1.807) is 4.68 Å². The lowest BCUT2D eigenvalue weighted by Gasteiger charge is -2.13. The van der Waals surface area contributed by atoms with Crippen LogP contribution in [0.4, 0.5) is 0 Å². The van der Waals surface area contributed by atoms with Crippen molar-refractivity contribution in [1.82, 2.24) is 15.1 Å². The van der Waals surface area contributed by atoms with Crippen LogP contribution in [0.5, 0.6) is 0 Å². The molecule has 0 aliphatic carbocycles. The van der Waals surface area contributed by atoms with Gasteiger partial charge < -0.3 is 10.4 Å². The monoisotopic (exact) mass is 341 g/mol. The molecule has 1 aromatic heterocycles. The fourth-order valence-electron chi connectivity index (χ4n) is 2.29. The molecule has 1 heterocycles. The minimum atomic E-state index is 0.218. The Bertz CT molecular complexity index is 628. The molecule has 0 bridgehead atoms. The second-order valence-electron chi connectivity index (χ2n) is 5.37. The Balaban J connectivity index is 2.16. The van der Waals surface area contributed by atoms with Crippen LogP contribution in [0, 0.1) is 6.92 Å². The maximum atomic E-state index is 8.87. The highest BCUT2D eigenvalue weighted by Gasteiger charge is 2.16. The summed E-state index contributed by atoms with van der Waals surface area (Å²) in [6, 6.07) is 7.80. The van der Waals surface area contributed by atoms with E-state index in [0.717, 1.165) is 29.8 Å². The first kappa shape index (κ1) is 17.3. The van der Waals surface area contributed by atoms with E-state index in [2.05, 4.69) is 17.3 Å². The van der Waals surface area contributed by atoms with E-state index < -0.39 is 0 Å². The summed E-state index contributed by atoms with van der Waals surface area (Å²) in [7, 11) is 0. The van der Waals surface area contributed by atoms with Crippen LogP contribution in [0.3, 0.4) is 0 Å². The van der Waals surface area contributed by atoms with Crippen molar-refractivity contribution in [2.45, 2.75) is 39.3 Å². The van der Waals surface area contributed by atoms with E-state index in [0.29, 0.717) is 22.8 Å². The fourth-order valence-corrected chi connectivity index (χ4v) is 2.84. The van der Waals surface area contributed by atoms with Crippen molar-refractivity contribution in [3.63, 3.8) is 0 Å². The average molecular weight is 342 g/mol. The summed E-state index contributed by atoms with van der Waals surface area (Å²) >= 11 is 12.7. The van der Waals surface area contributed by atoms with Crippen molar-refractivity contribution in [3.05, 3.63) is 45.7 Å². The van der Waals surface area contributed by atoms with Crippen LogP contribution in [0.2, 0.25) is 10.2 Å². The van der Waals surface area contributed by atoms with Crippen LogP contribution in [-0.4, -0.2) is 27.5 Å². The molecule has 22 heavy (non-hydrogen) atoms. The van der Waals surface area contributed by atoms with Gasteiger partial charge in [-0.15, -0.1) is 0 Å². The predicted molar refractivity (Wildman–Crippen MR) is 90.9 cm³/mol. The largest absolute Gasteiger partial charge is 0.396 e. The van der Waals surface area contributed by atoms with Gasteiger partial charge in [0.25, 0.3) is 0 Å². The molecule has 1 aromatic carbocycles. The molecule has 6 heteroatoms. The van der Waals surface area contributed by atoms with Crippen molar-refractivity contribution in [1.29, 1.82) is 0 Å². The second kappa shape index (κ2) is 7.97. The fraction of sp³-hybridized carbons (Fsp3) is 0.438. The summed E-state index contributed by atoms with van der Waals surface area (Å²) in [5, 5.41) is 18.0. The highest BCUT2D eigenvalue weighted by atomic mass is 35.5. The molecule has 0 saturated heterocycles. The summed E-state index contributed by atoms with van der Waals surface area (Å²) in [6.07, 6.45) is 1.71. The standard InChI is InChI=1S/C16H21Cl2N3O/c1-11(6-5-9-22)19-10-13-12(2)20-21(16(13)18)15-8-4-3-7-14(15)17/h3-4,7-8,11,19,22H,5-6,9-10H2,1-2H3. The van der Waals surface area contributed by atoms with Crippen LogP contribution in [-0.2, 0) is 6.54 Å². The van der Waals surface area contributed by atoms with Gasteiger partial charge in [0.1, 0.15) is 5.15 Å². The van der Waals surface area contributed by atoms with Gasteiger partial charge in [-0.2, -0.15) is 5.10 Å². The lowest BCUT2D eigenvalue weighted by molar-refractivity contribution is 0.276. The number of aliphatic hydroxyl groups excluding tert-OH is 1. The minimum Gasteiger partial charge on any atom is -0.396 e. The third-order valence-corrected chi connectivity index (χ3v) is 4.33.